The molecular formula is C15H22N2O. The molecule has 3 nitrogen and oxygen atoms in total. The van der Waals surface area contributed by atoms with Crippen LogP contribution in [0.25, 0.3) is 0 Å². The Kier molecular flexibility index (Phi) is 3.52. The summed E-state index contributed by atoms with van der Waals surface area (Å²) in [7, 11) is 0. The molecule has 0 unspecified atom stereocenters. The first-order chi connectivity index (χ1) is 8.85. The summed E-state index contributed by atoms with van der Waals surface area (Å²) in [5.74, 6) is 1.05. The monoisotopic (exact) mass is 246 g/mol. The third-order valence-corrected chi connectivity index (χ3v) is 4.09. The lowest BCUT2D eigenvalue weighted by Gasteiger charge is -2.31. The number of benzene rings is 1. The number of fused-ring (bicyclic) bond motifs is 1. The maximum atomic E-state index is 6.12. The zero-order valence-corrected chi connectivity index (χ0v) is 11.1. The highest BCUT2D eigenvalue weighted by Crippen LogP contribution is 2.24. The SMILES string of the molecule is CCN1CCC(Oc2ccc3c(c2)CNC3)CC1. The van der Waals surface area contributed by atoms with Crippen LogP contribution in [-0.4, -0.2) is 30.6 Å². The van der Waals surface area contributed by atoms with E-state index in [0.29, 0.717) is 6.10 Å². The summed E-state index contributed by atoms with van der Waals surface area (Å²) in [4.78, 5) is 2.49. The first-order valence-corrected chi connectivity index (χ1v) is 7.06. The van der Waals surface area contributed by atoms with Crippen LogP contribution >= 0.6 is 0 Å². The van der Waals surface area contributed by atoms with Crippen molar-refractivity contribution in [3.63, 3.8) is 0 Å². The lowest BCUT2D eigenvalue weighted by molar-refractivity contribution is 0.104. The zero-order chi connectivity index (χ0) is 12.4. The van der Waals surface area contributed by atoms with Crippen molar-refractivity contribution in [3.05, 3.63) is 29.3 Å². The Labute approximate surface area is 109 Å². The third kappa shape index (κ3) is 2.52. The van der Waals surface area contributed by atoms with E-state index in [4.69, 9.17) is 4.74 Å². The van der Waals surface area contributed by atoms with Crippen molar-refractivity contribution in [2.24, 2.45) is 0 Å². The molecule has 0 radical (unpaired) electrons. The summed E-state index contributed by atoms with van der Waals surface area (Å²) in [6, 6.07) is 6.53. The van der Waals surface area contributed by atoms with Crippen LogP contribution in [0.3, 0.4) is 0 Å². The van der Waals surface area contributed by atoms with Gasteiger partial charge in [-0.1, -0.05) is 13.0 Å². The molecule has 2 aliphatic rings. The zero-order valence-electron chi connectivity index (χ0n) is 11.1. The van der Waals surface area contributed by atoms with E-state index in [9.17, 15) is 0 Å². The number of piperidine rings is 1. The molecule has 1 aromatic carbocycles. The van der Waals surface area contributed by atoms with Crippen molar-refractivity contribution < 1.29 is 4.74 Å². The van der Waals surface area contributed by atoms with Crippen molar-refractivity contribution in [1.29, 1.82) is 0 Å². The number of hydrogen-bond donors (Lipinski definition) is 1. The topological polar surface area (TPSA) is 24.5 Å². The Morgan fingerprint density at radius 3 is 2.78 bits per heavy atom. The molecule has 0 bridgehead atoms. The largest absolute Gasteiger partial charge is 0.490 e. The Bertz CT molecular complexity index is 411. The molecular weight excluding hydrogens is 224 g/mol. The second kappa shape index (κ2) is 5.29. The van der Waals surface area contributed by atoms with Gasteiger partial charge >= 0.3 is 0 Å². The minimum absolute atomic E-state index is 0.403. The number of hydrogen-bond acceptors (Lipinski definition) is 3. The van der Waals surface area contributed by atoms with Crippen LogP contribution in [0.15, 0.2) is 18.2 Å². The van der Waals surface area contributed by atoms with Crippen LogP contribution in [0.2, 0.25) is 0 Å². The summed E-state index contributed by atoms with van der Waals surface area (Å²) >= 11 is 0. The molecule has 2 heterocycles. The molecule has 0 spiro atoms. The maximum Gasteiger partial charge on any atom is 0.120 e. The average molecular weight is 246 g/mol. The standard InChI is InChI=1S/C15H22N2O/c1-2-17-7-5-14(6-8-17)18-15-4-3-12-10-16-11-13(12)9-15/h3-4,9,14,16H,2,5-8,10-11H2,1H3. The minimum Gasteiger partial charge on any atom is -0.490 e. The molecule has 1 saturated heterocycles. The summed E-state index contributed by atoms with van der Waals surface area (Å²) in [5, 5.41) is 3.37. The fraction of sp³-hybridized carbons (Fsp3) is 0.600. The molecule has 0 aromatic heterocycles. The molecule has 1 aromatic rings. The number of nitrogens with zero attached hydrogens (tertiary/aromatic N) is 1. The van der Waals surface area contributed by atoms with Crippen LogP contribution in [0.5, 0.6) is 5.75 Å². The minimum atomic E-state index is 0.403. The maximum absolute atomic E-state index is 6.12. The van der Waals surface area contributed by atoms with Gasteiger partial charge in [0, 0.05) is 26.2 Å². The van der Waals surface area contributed by atoms with Gasteiger partial charge in [-0.2, -0.15) is 0 Å². The van der Waals surface area contributed by atoms with Crippen molar-refractivity contribution >= 4 is 0 Å². The van der Waals surface area contributed by atoms with Crippen molar-refractivity contribution in [3.8, 4) is 5.75 Å². The Balaban J connectivity index is 1.60. The van der Waals surface area contributed by atoms with Gasteiger partial charge in [0.15, 0.2) is 0 Å². The van der Waals surface area contributed by atoms with Crippen molar-refractivity contribution in [1.82, 2.24) is 10.2 Å². The lowest BCUT2D eigenvalue weighted by Crippen LogP contribution is -2.37. The van der Waals surface area contributed by atoms with Gasteiger partial charge in [-0.3, -0.25) is 0 Å². The van der Waals surface area contributed by atoms with Gasteiger partial charge in [0.25, 0.3) is 0 Å². The van der Waals surface area contributed by atoms with Gasteiger partial charge in [-0.25, -0.2) is 0 Å². The average Bonchev–Trinajstić information content (AvgIpc) is 2.87. The van der Waals surface area contributed by atoms with Crippen molar-refractivity contribution in [2.75, 3.05) is 19.6 Å². The molecule has 18 heavy (non-hydrogen) atoms. The van der Waals surface area contributed by atoms with Crippen LogP contribution in [0.4, 0.5) is 0 Å². The number of ether oxygens (including phenoxy) is 1. The fourth-order valence-electron chi connectivity index (χ4n) is 2.88. The van der Waals surface area contributed by atoms with E-state index in [1.54, 1.807) is 0 Å². The third-order valence-electron chi connectivity index (χ3n) is 4.09. The molecule has 0 amide bonds. The van der Waals surface area contributed by atoms with Crippen LogP contribution in [0.1, 0.15) is 30.9 Å². The predicted molar refractivity (Wildman–Crippen MR) is 72.7 cm³/mol. The van der Waals surface area contributed by atoms with Crippen molar-refractivity contribution in [2.45, 2.75) is 39.0 Å². The van der Waals surface area contributed by atoms with Crippen LogP contribution in [-0.2, 0) is 13.1 Å². The van der Waals surface area contributed by atoms with E-state index in [1.807, 2.05) is 0 Å². The quantitative estimate of drug-likeness (QED) is 0.884. The number of nitrogens with one attached hydrogen (secondary N) is 1. The second-order valence-electron chi connectivity index (χ2n) is 5.29. The van der Waals surface area contributed by atoms with Gasteiger partial charge in [0.2, 0.25) is 0 Å². The predicted octanol–water partition coefficient (Wildman–Crippen LogP) is 2.15. The van der Waals surface area contributed by atoms with Crippen LogP contribution < -0.4 is 10.1 Å². The summed E-state index contributed by atoms with van der Waals surface area (Å²) in [6.07, 6.45) is 2.71. The normalized spacial score (nSPS) is 20.9. The highest BCUT2D eigenvalue weighted by molar-refractivity contribution is 5.37. The fourth-order valence-corrected chi connectivity index (χ4v) is 2.88. The Hall–Kier alpha value is -1.06. The molecule has 0 saturated carbocycles. The van der Waals surface area contributed by atoms with Crippen LogP contribution in [0, 0.1) is 0 Å². The number of rotatable bonds is 3. The van der Waals surface area contributed by atoms with E-state index >= 15 is 0 Å². The van der Waals surface area contributed by atoms with Gasteiger partial charge in [-0.05, 0) is 42.6 Å². The highest BCUT2D eigenvalue weighted by atomic mass is 16.5. The first-order valence-electron chi connectivity index (χ1n) is 7.06. The molecule has 0 atom stereocenters. The molecule has 3 rings (SSSR count). The summed E-state index contributed by atoms with van der Waals surface area (Å²) in [6.45, 7) is 7.73. The molecule has 2 aliphatic heterocycles. The second-order valence-corrected chi connectivity index (χ2v) is 5.29. The Morgan fingerprint density at radius 1 is 1.22 bits per heavy atom. The van der Waals surface area contributed by atoms with E-state index < -0.39 is 0 Å². The molecule has 98 valence electrons. The molecule has 1 fully saturated rings. The van der Waals surface area contributed by atoms with Gasteiger partial charge in [0.1, 0.15) is 11.9 Å². The molecule has 0 aliphatic carbocycles. The van der Waals surface area contributed by atoms with E-state index in [0.717, 1.165) is 38.2 Å². The molecule has 3 heteroatoms. The van der Waals surface area contributed by atoms with Gasteiger partial charge in [0.05, 0.1) is 0 Å². The summed E-state index contributed by atoms with van der Waals surface area (Å²) < 4.78 is 6.12. The lowest BCUT2D eigenvalue weighted by atomic mass is 10.1. The van der Waals surface area contributed by atoms with Gasteiger partial charge < -0.3 is 15.0 Å². The summed E-state index contributed by atoms with van der Waals surface area (Å²) in [5.41, 5.74) is 2.82. The Morgan fingerprint density at radius 2 is 2.00 bits per heavy atom. The van der Waals surface area contributed by atoms with E-state index in [-0.39, 0.29) is 0 Å². The number of likely N-dealkylation sites (tertiary alicyclic amines) is 1. The molecule has 1 N–H and O–H groups in total. The van der Waals surface area contributed by atoms with E-state index in [1.165, 1.54) is 24.2 Å². The highest BCUT2D eigenvalue weighted by Gasteiger charge is 2.20. The smallest absolute Gasteiger partial charge is 0.120 e. The van der Waals surface area contributed by atoms with E-state index in [2.05, 4.69) is 35.3 Å². The van der Waals surface area contributed by atoms with Gasteiger partial charge in [-0.15, -0.1) is 0 Å². The first kappa shape index (κ1) is 12.0.